The van der Waals surface area contributed by atoms with E-state index in [4.69, 9.17) is 35.9 Å². The SMILES string of the molecule is NC(=S)Sc1ccc(SC(N)=S)cc1. The molecule has 0 saturated heterocycles. The molecule has 0 aromatic heterocycles. The summed E-state index contributed by atoms with van der Waals surface area (Å²) in [7, 11) is 0. The molecule has 0 atom stereocenters. The third-order valence-electron chi connectivity index (χ3n) is 1.26. The van der Waals surface area contributed by atoms with Gasteiger partial charge in [-0.3, -0.25) is 0 Å². The highest BCUT2D eigenvalue weighted by Gasteiger charge is 1.98. The van der Waals surface area contributed by atoms with Crippen LogP contribution in [-0.4, -0.2) is 8.64 Å². The van der Waals surface area contributed by atoms with Crippen molar-refractivity contribution in [3.63, 3.8) is 0 Å². The molecule has 0 radical (unpaired) electrons. The van der Waals surface area contributed by atoms with Crippen LogP contribution >= 0.6 is 48.0 Å². The van der Waals surface area contributed by atoms with Gasteiger partial charge in [-0.15, -0.1) is 0 Å². The van der Waals surface area contributed by atoms with Crippen LogP contribution in [0.4, 0.5) is 0 Å². The molecular weight excluding hydrogens is 252 g/mol. The number of benzene rings is 1. The summed E-state index contributed by atoms with van der Waals surface area (Å²) in [6.45, 7) is 0. The monoisotopic (exact) mass is 260 g/mol. The Morgan fingerprint density at radius 1 is 0.857 bits per heavy atom. The summed E-state index contributed by atoms with van der Waals surface area (Å²) in [5.41, 5.74) is 10.8. The van der Waals surface area contributed by atoms with Crippen molar-refractivity contribution in [3.05, 3.63) is 24.3 Å². The van der Waals surface area contributed by atoms with Gasteiger partial charge in [-0.25, -0.2) is 0 Å². The van der Waals surface area contributed by atoms with Gasteiger partial charge in [0.1, 0.15) is 8.64 Å². The molecular formula is C8H8N2S4. The fourth-order valence-electron chi connectivity index (χ4n) is 0.808. The lowest BCUT2D eigenvalue weighted by atomic mass is 10.4. The molecule has 2 nitrogen and oxygen atoms in total. The zero-order valence-corrected chi connectivity index (χ0v) is 10.4. The second kappa shape index (κ2) is 5.55. The normalized spacial score (nSPS) is 9.71. The summed E-state index contributed by atoms with van der Waals surface area (Å²) in [4.78, 5) is 2.04. The Morgan fingerprint density at radius 3 is 1.36 bits per heavy atom. The molecule has 4 N–H and O–H groups in total. The Morgan fingerprint density at radius 2 is 1.14 bits per heavy atom. The van der Waals surface area contributed by atoms with Crippen molar-refractivity contribution in [1.29, 1.82) is 0 Å². The van der Waals surface area contributed by atoms with Crippen LogP contribution in [0.5, 0.6) is 0 Å². The average molecular weight is 260 g/mol. The molecule has 0 spiro atoms. The van der Waals surface area contributed by atoms with Gasteiger partial charge in [0.25, 0.3) is 0 Å². The molecule has 1 rings (SSSR count). The van der Waals surface area contributed by atoms with Gasteiger partial charge in [-0.05, 0) is 24.3 Å². The van der Waals surface area contributed by atoms with Crippen LogP contribution in [0.2, 0.25) is 0 Å². The van der Waals surface area contributed by atoms with Gasteiger partial charge in [0, 0.05) is 9.79 Å². The fourth-order valence-corrected chi connectivity index (χ4v) is 2.39. The van der Waals surface area contributed by atoms with Crippen molar-refractivity contribution >= 4 is 56.6 Å². The van der Waals surface area contributed by atoms with Crippen LogP contribution in [-0.2, 0) is 0 Å². The zero-order valence-electron chi connectivity index (χ0n) is 7.10. The van der Waals surface area contributed by atoms with Gasteiger partial charge in [-0.1, -0.05) is 48.0 Å². The zero-order chi connectivity index (χ0) is 10.6. The van der Waals surface area contributed by atoms with Crippen molar-refractivity contribution in [1.82, 2.24) is 0 Å². The smallest absolute Gasteiger partial charge is 0.135 e. The molecule has 0 bridgehead atoms. The lowest BCUT2D eigenvalue weighted by Crippen LogP contribution is -2.01. The van der Waals surface area contributed by atoms with E-state index in [0.717, 1.165) is 9.79 Å². The van der Waals surface area contributed by atoms with Gasteiger partial charge in [0.2, 0.25) is 0 Å². The van der Waals surface area contributed by atoms with Gasteiger partial charge >= 0.3 is 0 Å². The number of nitrogens with two attached hydrogens (primary N) is 2. The maximum absolute atomic E-state index is 5.39. The van der Waals surface area contributed by atoms with E-state index in [2.05, 4.69) is 0 Å². The van der Waals surface area contributed by atoms with Crippen LogP contribution in [0.25, 0.3) is 0 Å². The summed E-state index contributed by atoms with van der Waals surface area (Å²) < 4.78 is 0.833. The van der Waals surface area contributed by atoms with E-state index >= 15 is 0 Å². The first-order valence-corrected chi connectivity index (χ1v) is 6.07. The maximum atomic E-state index is 5.39. The molecule has 74 valence electrons. The molecule has 6 heteroatoms. The number of hydrogen-bond donors (Lipinski definition) is 2. The summed E-state index contributed by atoms with van der Waals surface area (Å²) in [5, 5.41) is 0. The number of thioether (sulfide) groups is 2. The van der Waals surface area contributed by atoms with Crippen molar-refractivity contribution in [2.75, 3.05) is 0 Å². The summed E-state index contributed by atoms with van der Waals surface area (Å²) >= 11 is 12.3. The van der Waals surface area contributed by atoms with E-state index in [9.17, 15) is 0 Å². The molecule has 0 aliphatic rings. The second-order valence-corrected chi connectivity index (χ2v) is 5.94. The highest BCUT2D eigenvalue weighted by molar-refractivity contribution is 8.23. The Bertz CT molecular complexity index is 312. The van der Waals surface area contributed by atoms with Crippen molar-refractivity contribution in [3.8, 4) is 0 Å². The second-order valence-electron chi connectivity index (χ2n) is 2.31. The Hall–Kier alpha value is -0.300. The van der Waals surface area contributed by atoms with Gasteiger partial charge in [-0.2, -0.15) is 0 Å². The number of rotatable bonds is 2. The molecule has 14 heavy (non-hydrogen) atoms. The standard InChI is InChI=1S/C8H8N2S4/c9-7(11)13-5-1-2-6(4-3-5)14-8(10)12/h1-4H,(H2,9,11)(H2,10,12). The largest absolute Gasteiger partial charge is 0.384 e. The first-order valence-electron chi connectivity index (χ1n) is 3.62. The minimum Gasteiger partial charge on any atom is -0.384 e. The van der Waals surface area contributed by atoms with E-state index in [1.54, 1.807) is 0 Å². The molecule has 1 aromatic carbocycles. The Labute approximate surface area is 102 Å². The lowest BCUT2D eigenvalue weighted by Gasteiger charge is -2.01. The summed E-state index contributed by atoms with van der Waals surface area (Å²) in [6, 6.07) is 7.74. The maximum Gasteiger partial charge on any atom is 0.135 e. The van der Waals surface area contributed by atoms with E-state index in [1.807, 2.05) is 24.3 Å². The first kappa shape index (κ1) is 11.8. The van der Waals surface area contributed by atoms with Gasteiger partial charge in [0.15, 0.2) is 0 Å². The van der Waals surface area contributed by atoms with Crippen LogP contribution in [0, 0.1) is 0 Å². The van der Waals surface area contributed by atoms with Crippen molar-refractivity contribution in [2.45, 2.75) is 9.79 Å². The minimum absolute atomic E-state index is 0.416. The Balaban J connectivity index is 2.68. The van der Waals surface area contributed by atoms with Gasteiger partial charge < -0.3 is 11.5 Å². The molecule has 0 amide bonds. The van der Waals surface area contributed by atoms with Crippen molar-refractivity contribution < 1.29 is 0 Å². The molecule has 0 saturated carbocycles. The summed E-state index contributed by atoms with van der Waals surface area (Å²) in [5.74, 6) is 0. The number of thiocarbonyl (C=S) groups is 2. The van der Waals surface area contributed by atoms with E-state index in [0.29, 0.717) is 8.64 Å². The van der Waals surface area contributed by atoms with Crippen LogP contribution in [0.1, 0.15) is 0 Å². The van der Waals surface area contributed by atoms with Gasteiger partial charge in [0.05, 0.1) is 0 Å². The minimum atomic E-state index is 0.416. The highest BCUT2D eigenvalue weighted by Crippen LogP contribution is 2.23. The predicted octanol–water partition coefficient (Wildman–Crippen LogP) is 2.36. The van der Waals surface area contributed by atoms with E-state index in [-0.39, 0.29) is 0 Å². The molecule has 0 fully saturated rings. The van der Waals surface area contributed by atoms with E-state index in [1.165, 1.54) is 23.5 Å². The molecule has 0 heterocycles. The van der Waals surface area contributed by atoms with Crippen LogP contribution in [0.15, 0.2) is 34.1 Å². The van der Waals surface area contributed by atoms with Crippen LogP contribution < -0.4 is 11.5 Å². The third kappa shape index (κ3) is 4.28. The fraction of sp³-hybridized carbons (Fsp3) is 0. The van der Waals surface area contributed by atoms with Crippen LogP contribution in [0.3, 0.4) is 0 Å². The third-order valence-corrected chi connectivity index (χ3v) is 3.18. The highest BCUT2D eigenvalue weighted by atomic mass is 32.2. The lowest BCUT2D eigenvalue weighted by molar-refractivity contribution is 1.36. The Kier molecular flexibility index (Phi) is 4.67. The topological polar surface area (TPSA) is 52.0 Å². The quantitative estimate of drug-likeness (QED) is 0.629. The molecule has 0 aliphatic heterocycles. The molecule has 0 unspecified atom stereocenters. The summed E-state index contributed by atoms with van der Waals surface area (Å²) in [6.07, 6.45) is 0. The molecule has 0 aliphatic carbocycles. The first-order chi connectivity index (χ1) is 6.58. The van der Waals surface area contributed by atoms with Crippen molar-refractivity contribution in [2.24, 2.45) is 11.5 Å². The van der Waals surface area contributed by atoms with E-state index < -0.39 is 0 Å². The molecule has 1 aromatic rings. The number of hydrogen-bond acceptors (Lipinski definition) is 4. The average Bonchev–Trinajstić information content (AvgIpc) is 2.06. The predicted molar refractivity (Wildman–Crippen MR) is 71.7 cm³/mol.